The van der Waals surface area contributed by atoms with E-state index in [-0.39, 0.29) is 17.2 Å². The first-order chi connectivity index (χ1) is 10.2. The van der Waals surface area contributed by atoms with Gasteiger partial charge in [-0.15, -0.1) is 0 Å². The van der Waals surface area contributed by atoms with Crippen LogP contribution in [0.2, 0.25) is 0 Å². The first-order valence-electron chi connectivity index (χ1n) is 5.78. The molecule has 0 aliphatic rings. The molecule has 3 rings (SSSR count). The summed E-state index contributed by atoms with van der Waals surface area (Å²) in [5.41, 5.74) is 7.33. The summed E-state index contributed by atoms with van der Waals surface area (Å²) in [5, 5.41) is 19.4. The van der Waals surface area contributed by atoms with E-state index < -0.39 is 5.97 Å². The van der Waals surface area contributed by atoms with Crippen LogP contribution in [0.5, 0.6) is 0 Å². The molecule has 2 heterocycles. The predicted molar refractivity (Wildman–Crippen MR) is 67.9 cm³/mol. The smallest absolute Gasteiger partial charge is 0.286 e. The Morgan fingerprint density at radius 1 is 1.33 bits per heavy atom. The zero-order valence-corrected chi connectivity index (χ0v) is 10.5. The zero-order valence-electron chi connectivity index (χ0n) is 10.5. The molecule has 3 aromatic rings. The molecule has 0 unspecified atom stereocenters. The molecule has 0 radical (unpaired) electrons. The van der Waals surface area contributed by atoms with E-state index in [0.29, 0.717) is 5.52 Å². The normalized spacial score (nSPS) is 10.3. The Balaban J connectivity index is 2.28. The van der Waals surface area contributed by atoms with Gasteiger partial charge < -0.3 is 9.90 Å². The van der Waals surface area contributed by atoms with Gasteiger partial charge in [0.15, 0.2) is 5.11 Å². The lowest BCUT2D eigenvalue weighted by Gasteiger charge is -2.05. The van der Waals surface area contributed by atoms with Crippen LogP contribution < -0.4 is 10.0 Å². The average molecular weight is 281 g/mol. The number of carboxylic acids is 1. The van der Waals surface area contributed by atoms with Crippen LogP contribution in [0.3, 0.4) is 0 Å². The predicted octanol–water partition coefficient (Wildman–Crippen LogP) is 0.361. The van der Waals surface area contributed by atoms with Crippen LogP contribution in [-0.2, 0) is 0 Å². The number of benzene rings is 1. The quantitative estimate of drug-likeness (QED) is 0.546. The number of hydrogen-bond acceptors (Lipinski definition) is 7. The number of hydrogen-bond donors (Lipinski definition) is 1. The van der Waals surface area contributed by atoms with E-state index in [1.165, 1.54) is 29.2 Å². The summed E-state index contributed by atoms with van der Waals surface area (Å²) in [4.78, 5) is 21.9. The molecule has 102 valence electrons. The summed E-state index contributed by atoms with van der Waals surface area (Å²) in [5.74, 6) is -0.926. The van der Waals surface area contributed by atoms with Crippen LogP contribution in [0.4, 0.5) is 5.82 Å². The van der Waals surface area contributed by atoms with Crippen molar-refractivity contribution in [3.8, 4) is 5.82 Å². The van der Waals surface area contributed by atoms with E-state index in [0.717, 1.165) is 5.39 Å². The summed E-state index contributed by atoms with van der Waals surface area (Å²) in [6.07, 6.45) is 4.41. The van der Waals surface area contributed by atoms with Crippen LogP contribution in [0.25, 0.3) is 16.7 Å². The van der Waals surface area contributed by atoms with E-state index in [9.17, 15) is 9.90 Å². The van der Waals surface area contributed by atoms with Crippen molar-refractivity contribution in [2.45, 2.75) is 0 Å². The molecule has 0 bridgehead atoms. The van der Waals surface area contributed by atoms with E-state index in [4.69, 9.17) is 5.53 Å². The molecule has 9 nitrogen and oxygen atoms in total. The maximum Gasteiger partial charge on any atom is 0.286 e. The minimum Gasteiger partial charge on any atom is -0.545 e. The van der Waals surface area contributed by atoms with Gasteiger partial charge in [-0.2, -0.15) is 5.10 Å². The maximum absolute atomic E-state index is 11.0. The summed E-state index contributed by atoms with van der Waals surface area (Å²) < 4.78 is 1.39. The van der Waals surface area contributed by atoms with Crippen LogP contribution in [0.15, 0.2) is 41.9 Å². The molecule has 1 aromatic carbocycles. The third-order valence-corrected chi connectivity index (χ3v) is 2.81. The highest BCUT2D eigenvalue weighted by atomic mass is 16.4. The Kier molecular flexibility index (Phi) is 2.94. The lowest BCUT2D eigenvalue weighted by Crippen LogP contribution is -2.22. The lowest BCUT2D eigenvalue weighted by atomic mass is 10.2. The molecule has 0 saturated carbocycles. The van der Waals surface area contributed by atoms with Gasteiger partial charge in [0, 0.05) is 17.8 Å². The number of fused-ring (bicyclic) bond motifs is 1. The minimum absolute atomic E-state index is 0.0248. The third kappa shape index (κ3) is 2.13. The number of carbonyl (C=O) groups excluding carboxylic acids is 1. The minimum atomic E-state index is -1.28. The van der Waals surface area contributed by atoms with Crippen molar-refractivity contribution in [3.05, 3.63) is 42.4 Å². The summed E-state index contributed by atoms with van der Waals surface area (Å²) in [6.45, 7) is 0. The second-order valence-electron chi connectivity index (χ2n) is 4.02. The Morgan fingerprint density at radius 2 is 2.14 bits per heavy atom. The standard InChI is InChI=1S/C12H7N7O2/c13-18-17-10-11(15-4-3-14-10)19-9-5-7(12(20)21)1-2-8(9)6-16-19/h1-6,13H. The zero-order chi connectivity index (χ0) is 14.8. The molecular formula is C12H7N7O2. The molecular weight excluding hydrogens is 274 g/mol. The Hall–Kier alpha value is -3.45. The number of rotatable bonds is 3. The van der Waals surface area contributed by atoms with Crippen LogP contribution in [0, 0.1) is 5.53 Å². The Labute approximate surface area is 117 Å². The first kappa shape index (κ1) is 12.6. The van der Waals surface area contributed by atoms with E-state index in [2.05, 4.69) is 25.1 Å². The monoisotopic (exact) mass is 281 g/mol. The van der Waals surface area contributed by atoms with E-state index in [1.807, 2.05) is 0 Å². The largest absolute Gasteiger partial charge is 0.545 e. The van der Waals surface area contributed by atoms with Crippen LogP contribution in [0.1, 0.15) is 10.4 Å². The fourth-order valence-corrected chi connectivity index (χ4v) is 1.90. The third-order valence-electron chi connectivity index (χ3n) is 2.81. The van der Waals surface area contributed by atoms with Crippen molar-refractivity contribution in [2.75, 3.05) is 0 Å². The molecule has 0 aliphatic carbocycles. The fourth-order valence-electron chi connectivity index (χ4n) is 1.90. The molecule has 21 heavy (non-hydrogen) atoms. The summed E-state index contributed by atoms with van der Waals surface area (Å²) in [7, 11) is 0. The van der Waals surface area contributed by atoms with Gasteiger partial charge in [-0.05, 0) is 11.6 Å². The number of aromatic carboxylic acids is 1. The SMILES string of the molecule is N=[N+]=Nc1nccnc1-n1ncc2ccc(C(=O)[O-])cc21. The van der Waals surface area contributed by atoms with Crippen molar-refractivity contribution in [1.82, 2.24) is 24.7 Å². The van der Waals surface area contributed by atoms with Crippen LogP contribution in [-0.4, -0.2) is 25.7 Å². The molecule has 2 aromatic heterocycles. The van der Waals surface area contributed by atoms with Gasteiger partial charge >= 0.3 is 0 Å². The first-order valence-corrected chi connectivity index (χ1v) is 5.78. The molecule has 0 saturated heterocycles. The number of aromatic nitrogens is 4. The second kappa shape index (κ2) is 4.91. The van der Waals surface area contributed by atoms with Crippen molar-refractivity contribution in [3.63, 3.8) is 0 Å². The van der Waals surface area contributed by atoms with Gasteiger partial charge in [0.2, 0.25) is 10.7 Å². The fraction of sp³-hybridized carbons (Fsp3) is 0. The van der Waals surface area contributed by atoms with Crippen molar-refractivity contribution >= 4 is 22.7 Å². The summed E-state index contributed by atoms with van der Waals surface area (Å²) >= 11 is 0. The lowest BCUT2D eigenvalue weighted by molar-refractivity contribution is -0.255. The van der Waals surface area contributed by atoms with Crippen molar-refractivity contribution < 1.29 is 9.90 Å². The van der Waals surface area contributed by atoms with Gasteiger partial charge in [-0.25, -0.2) is 14.6 Å². The molecule has 0 spiro atoms. The highest BCUT2D eigenvalue weighted by Crippen LogP contribution is 2.23. The number of nitrogens with one attached hydrogen (secondary N) is 1. The molecule has 0 aliphatic heterocycles. The number of carboxylic acid groups (broad SMARTS) is 1. The van der Waals surface area contributed by atoms with Gasteiger partial charge in [0.1, 0.15) is 5.53 Å². The van der Waals surface area contributed by atoms with Gasteiger partial charge in [0.25, 0.3) is 5.82 Å². The average Bonchev–Trinajstić information content (AvgIpc) is 2.91. The molecule has 0 fully saturated rings. The van der Waals surface area contributed by atoms with Gasteiger partial charge in [-0.1, -0.05) is 12.1 Å². The highest BCUT2D eigenvalue weighted by Gasteiger charge is 2.14. The van der Waals surface area contributed by atoms with Crippen LogP contribution >= 0.6 is 0 Å². The van der Waals surface area contributed by atoms with Crippen molar-refractivity contribution in [2.24, 2.45) is 5.11 Å². The maximum atomic E-state index is 11.0. The van der Waals surface area contributed by atoms with Gasteiger partial charge in [0.05, 0.1) is 17.7 Å². The second-order valence-corrected chi connectivity index (χ2v) is 4.02. The molecule has 0 atom stereocenters. The number of nitrogens with zero attached hydrogens (tertiary/aromatic N) is 6. The Morgan fingerprint density at radius 3 is 2.90 bits per heavy atom. The van der Waals surface area contributed by atoms with E-state index in [1.54, 1.807) is 12.3 Å². The number of carbonyl (C=O) groups is 1. The summed E-state index contributed by atoms with van der Waals surface area (Å²) in [6, 6.07) is 4.48. The van der Waals surface area contributed by atoms with Gasteiger partial charge in [-0.3, -0.25) is 0 Å². The molecule has 0 amide bonds. The topological polar surface area (TPSA) is 134 Å². The Bertz CT molecular complexity index is 896. The molecule has 9 heteroatoms. The van der Waals surface area contributed by atoms with Crippen molar-refractivity contribution in [1.29, 1.82) is 5.53 Å². The highest BCUT2D eigenvalue weighted by molar-refractivity contribution is 5.92. The molecule has 1 N–H and O–H groups in total. The van der Waals surface area contributed by atoms with E-state index >= 15 is 0 Å².